The molecular formula is C12H18N4O2S. The first kappa shape index (κ1) is 13.8. The molecule has 0 bridgehead atoms. The maximum absolute atomic E-state index is 11.4. The Labute approximate surface area is 113 Å². The summed E-state index contributed by atoms with van der Waals surface area (Å²) in [6.07, 6.45) is 2.37. The zero-order valence-corrected chi connectivity index (χ0v) is 11.7. The SMILES string of the molecule is C=CCNc1cc(NC2CCS(=O)(=O)C2)nc(C)n1. The summed E-state index contributed by atoms with van der Waals surface area (Å²) >= 11 is 0. The summed E-state index contributed by atoms with van der Waals surface area (Å²) in [4.78, 5) is 8.52. The molecule has 1 aliphatic heterocycles. The third-order valence-electron chi connectivity index (χ3n) is 2.85. The Hall–Kier alpha value is -1.63. The first-order chi connectivity index (χ1) is 8.98. The molecule has 104 valence electrons. The summed E-state index contributed by atoms with van der Waals surface area (Å²) in [5.41, 5.74) is 0. The molecule has 0 aliphatic carbocycles. The van der Waals surface area contributed by atoms with Crippen LogP contribution >= 0.6 is 0 Å². The highest BCUT2D eigenvalue weighted by atomic mass is 32.2. The fraction of sp³-hybridized carbons (Fsp3) is 0.500. The Bertz CT molecular complexity index is 571. The number of rotatable bonds is 5. The first-order valence-electron chi connectivity index (χ1n) is 6.16. The Morgan fingerprint density at radius 2 is 2.21 bits per heavy atom. The van der Waals surface area contributed by atoms with Gasteiger partial charge in [-0.2, -0.15) is 0 Å². The molecule has 1 aromatic heterocycles. The molecule has 1 fully saturated rings. The molecule has 0 aromatic carbocycles. The van der Waals surface area contributed by atoms with Gasteiger partial charge in [-0.15, -0.1) is 6.58 Å². The summed E-state index contributed by atoms with van der Waals surface area (Å²) in [5.74, 6) is 2.41. The quantitative estimate of drug-likeness (QED) is 0.783. The zero-order valence-electron chi connectivity index (χ0n) is 10.9. The number of hydrogen-bond acceptors (Lipinski definition) is 6. The lowest BCUT2D eigenvalue weighted by molar-refractivity contribution is 0.602. The van der Waals surface area contributed by atoms with E-state index in [1.54, 1.807) is 19.1 Å². The van der Waals surface area contributed by atoms with E-state index in [9.17, 15) is 8.42 Å². The van der Waals surface area contributed by atoms with E-state index in [-0.39, 0.29) is 17.5 Å². The zero-order chi connectivity index (χ0) is 13.9. The second-order valence-electron chi connectivity index (χ2n) is 4.60. The molecular weight excluding hydrogens is 264 g/mol. The molecule has 1 saturated heterocycles. The summed E-state index contributed by atoms with van der Waals surface area (Å²) in [7, 11) is -2.88. The van der Waals surface area contributed by atoms with Crippen molar-refractivity contribution in [1.82, 2.24) is 9.97 Å². The maximum atomic E-state index is 11.4. The molecule has 1 atom stereocenters. The van der Waals surface area contributed by atoms with Gasteiger partial charge in [-0.3, -0.25) is 0 Å². The average molecular weight is 282 g/mol. The third-order valence-corrected chi connectivity index (χ3v) is 4.62. The fourth-order valence-electron chi connectivity index (χ4n) is 2.03. The van der Waals surface area contributed by atoms with Crippen molar-refractivity contribution >= 4 is 21.5 Å². The molecule has 0 saturated carbocycles. The van der Waals surface area contributed by atoms with Crippen molar-refractivity contribution in [3.05, 3.63) is 24.5 Å². The summed E-state index contributed by atoms with van der Waals surface area (Å²) in [5, 5.41) is 6.25. The van der Waals surface area contributed by atoms with Crippen LogP contribution < -0.4 is 10.6 Å². The number of aromatic nitrogens is 2. The van der Waals surface area contributed by atoms with Crippen molar-refractivity contribution < 1.29 is 8.42 Å². The summed E-state index contributed by atoms with van der Waals surface area (Å²) in [6, 6.07) is 1.72. The molecule has 19 heavy (non-hydrogen) atoms. The average Bonchev–Trinajstić information content (AvgIpc) is 2.65. The Morgan fingerprint density at radius 3 is 2.84 bits per heavy atom. The van der Waals surface area contributed by atoms with Crippen LogP contribution in [0.4, 0.5) is 11.6 Å². The van der Waals surface area contributed by atoms with Gasteiger partial charge in [0.15, 0.2) is 9.84 Å². The van der Waals surface area contributed by atoms with Crippen LogP contribution in [0.15, 0.2) is 18.7 Å². The second-order valence-corrected chi connectivity index (χ2v) is 6.83. The van der Waals surface area contributed by atoms with E-state index < -0.39 is 9.84 Å². The molecule has 1 unspecified atom stereocenters. The number of sulfone groups is 1. The molecule has 2 N–H and O–H groups in total. The van der Waals surface area contributed by atoms with E-state index in [1.807, 2.05) is 0 Å². The van der Waals surface area contributed by atoms with Crippen LogP contribution in [0.5, 0.6) is 0 Å². The van der Waals surface area contributed by atoms with Crippen LogP contribution in [-0.4, -0.2) is 42.5 Å². The summed E-state index contributed by atoms with van der Waals surface area (Å²) < 4.78 is 22.8. The first-order valence-corrected chi connectivity index (χ1v) is 7.98. The predicted octanol–water partition coefficient (Wildman–Crippen LogP) is 0.982. The molecule has 2 rings (SSSR count). The van der Waals surface area contributed by atoms with Crippen LogP contribution in [0.2, 0.25) is 0 Å². The molecule has 0 spiro atoms. The van der Waals surface area contributed by atoms with Crippen LogP contribution in [0.3, 0.4) is 0 Å². The van der Waals surface area contributed by atoms with Crippen molar-refractivity contribution in [2.45, 2.75) is 19.4 Å². The van der Waals surface area contributed by atoms with Crippen molar-refractivity contribution in [2.24, 2.45) is 0 Å². The largest absolute Gasteiger partial charge is 0.366 e. The number of hydrogen-bond donors (Lipinski definition) is 2. The van der Waals surface area contributed by atoms with Crippen molar-refractivity contribution in [3.63, 3.8) is 0 Å². The van der Waals surface area contributed by atoms with Gasteiger partial charge in [-0.25, -0.2) is 18.4 Å². The molecule has 1 aliphatic rings. The number of nitrogens with zero attached hydrogens (tertiary/aromatic N) is 2. The third kappa shape index (κ3) is 3.92. The smallest absolute Gasteiger partial charge is 0.152 e. The second kappa shape index (κ2) is 5.56. The Morgan fingerprint density at radius 1 is 1.47 bits per heavy atom. The minimum absolute atomic E-state index is 0.0634. The van der Waals surface area contributed by atoms with Gasteiger partial charge in [0, 0.05) is 18.7 Å². The van der Waals surface area contributed by atoms with Crippen molar-refractivity contribution in [1.29, 1.82) is 0 Å². The van der Waals surface area contributed by atoms with E-state index in [0.29, 0.717) is 30.4 Å². The molecule has 7 heteroatoms. The van der Waals surface area contributed by atoms with Crippen molar-refractivity contribution in [3.8, 4) is 0 Å². The van der Waals surface area contributed by atoms with Crippen LogP contribution in [0.1, 0.15) is 12.2 Å². The van der Waals surface area contributed by atoms with E-state index in [1.165, 1.54) is 0 Å². The molecule has 6 nitrogen and oxygen atoms in total. The van der Waals surface area contributed by atoms with Crippen molar-refractivity contribution in [2.75, 3.05) is 28.7 Å². The van der Waals surface area contributed by atoms with Gasteiger partial charge < -0.3 is 10.6 Å². The van der Waals surface area contributed by atoms with Gasteiger partial charge in [0.25, 0.3) is 0 Å². The topological polar surface area (TPSA) is 84.0 Å². The normalized spacial score (nSPS) is 21.0. The monoisotopic (exact) mass is 282 g/mol. The fourth-order valence-corrected chi connectivity index (χ4v) is 3.70. The lowest BCUT2D eigenvalue weighted by Crippen LogP contribution is -2.21. The minimum atomic E-state index is -2.88. The van der Waals surface area contributed by atoms with Gasteiger partial charge in [0.1, 0.15) is 17.5 Å². The highest BCUT2D eigenvalue weighted by Crippen LogP contribution is 2.18. The van der Waals surface area contributed by atoms with Gasteiger partial charge in [-0.1, -0.05) is 6.08 Å². The Kier molecular flexibility index (Phi) is 4.04. The van der Waals surface area contributed by atoms with E-state index in [0.717, 1.165) is 0 Å². The lowest BCUT2D eigenvalue weighted by atomic mass is 10.2. The van der Waals surface area contributed by atoms with E-state index in [4.69, 9.17) is 0 Å². The van der Waals surface area contributed by atoms with Crippen LogP contribution in [-0.2, 0) is 9.84 Å². The number of nitrogens with one attached hydrogen (secondary N) is 2. The highest BCUT2D eigenvalue weighted by molar-refractivity contribution is 7.91. The molecule has 0 amide bonds. The number of aryl methyl sites for hydroxylation is 1. The standard InChI is InChI=1S/C12H18N4O2S/c1-3-5-13-11-7-12(15-9(2)14-11)16-10-4-6-19(17,18)8-10/h3,7,10H,1,4-6,8H2,2H3,(H2,13,14,15,16). The minimum Gasteiger partial charge on any atom is -0.366 e. The summed E-state index contributed by atoms with van der Waals surface area (Å²) in [6.45, 7) is 6.05. The molecule has 2 heterocycles. The Balaban J connectivity index is 2.07. The van der Waals surface area contributed by atoms with E-state index in [2.05, 4.69) is 27.2 Å². The highest BCUT2D eigenvalue weighted by Gasteiger charge is 2.27. The van der Waals surface area contributed by atoms with Gasteiger partial charge in [0.05, 0.1) is 11.5 Å². The van der Waals surface area contributed by atoms with Crippen LogP contribution in [0, 0.1) is 6.92 Å². The maximum Gasteiger partial charge on any atom is 0.152 e. The van der Waals surface area contributed by atoms with Gasteiger partial charge in [0.2, 0.25) is 0 Å². The van der Waals surface area contributed by atoms with E-state index >= 15 is 0 Å². The van der Waals surface area contributed by atoms with Gasteiger partial charge in [-0.05, 0) is 13.3 Å². The molecule has 1 aromatic rings. The predicted molar refractivity (Wildman–Crippen MR) is 76.1 cm³/mol. The van der Waals surface area contributed by atoms with Gasteiger partial charge >= 0.3 is 0 Å². The number of anilines is 2. The molecule has 0 radical (unpaired) electrons. The lowest BCUT2D eigenvalue weighted by Gasteiger charge is -2.13. The van der Waals surface area contributed by atoms with Crippen LogP contribution in [0.25, 0.3) is 0 Å².